The number of para-hydroxylation sites is 2. The average molecular weight is 355 g/mol. The van der Waals surface area contributed by atoms with E-state index in [1.54, 1.807) is 24.7 Å². The van der Waals surface area contributed by atoms with Gasteiger partial charge in [-0.1, -0.05) is 30.3 Å². The van der Waals surface area contributed by atoms with Crippen molar-refractivity contribution < 1.29 is 9.53 Å². The third-order valence-corrected chi connectivity index (χ3v) is 4.03. The fraction of sp³-hybridized carbons (Fsp3) is 0. The first-order valence-corrected chi connectivity index (χ1v) is 8.51. The number of carbonyl (C=O) groups excluding carboxylic acids is 1. The maximum absolute atomic E-state index is 12.7. The van der Waals surface area contributed by atoms with Crippen LogP contribution in [0.3, 0.4) is 0 Å². The fourth-order valence-electron chi connectivity index (χ4n) is 2.69. The Labute approximate surface area is 156 Å². The molecule has 1 amide bonds. The summed E-state index contributed by atoms with van der Waals surface area (Å²) in [5.41, 5.74) is 2.15. The topological polar surface area (TPSA) is 56.2 Å². The summed E-state index contributed by atoms with van der Waals surface area (Å²) in [5, 5.41) is 2.91. The highest BCUT2D eigenvalue weighted by Gasteiger charge is 2.13. The van der Waals surface area contributed by atoms with Gasteiger partial charge in [-0.05, 0) is 48.5 Å². The van der Waals surface area contributed by atoms with E-state index in [1.807, 2.05) is 77.5 Å². The Balaban J connectivity index is 1.52. The average Bonchev–Trinajstić information content (AvgIpc) is 3.25. The minimum atomic E-state index is -0.225. The molecule has 1 heterocycles. The zero-order chi connectivity index (χ0) is 18.5. The molecule has 0 unspecified atom stereocenters. The Kier molecular flexibility index (Phi) is 4.66. The molecule has 0 fully saturated rings. The predicted octanol–water partition coefficient (Wildman–Crippen LogP) is 4.92. The number of hydrogen-bond acceptors (Lipinski definition) is 3. The van der Waals surface area contributed by atoms with E-state index in [0.29, 0.717) is 22.7 Å². The second-order valence-corrected chi connectivity index (χ2v) is 5.88. The lowest BCUT2D eigenvalue weighted by atomic mass is 10.1. The van der Waals surface area contributed by atoms with Gasteiger partial charge in [0.2, 0.25) is 0 Å². The Bertz CT molecular complexity index is 1030. The Hall–Kier alpha value is -3.86. The molecule has 3 aromatic carbocycles. The van der Waals surface area contributed by atoms with E-state index in [4.69, 9.17) is 4.74 Å². The number of nitrogens with zero attached hydrogens (tertiary/aromatic N) is 2. The predicted molar refractivity (Wildman–Crippen MR) is 104 cm³/mol. The van der Waals surface area contributed by atoms with Gasteiger partial charge in [-0.3, -0.25) is 4.79 Å². The summed E-state index contributed by atoms with van der Waals surface area (Å²) in [4.78, 5) is 16.8. The van der Waals surface area contributed by atoms with Gasteiger partial charge in [0.1, 0.15) is 11.5 Å². The third-order valence-electron chi connectivity index (χ3n) is 4.03. The number of nitrogens with one attached hydrogen (secondary N) is 1. The van der Waals surface area contributed by atoms with E-state index in [0.717, 1.165) is 5.69 Å². The van der Waals surface area contributed by atoms with Crippen LogP contribution in [0, 0.1) is 0 Å². The molecule has 4 aromatic rings. The van der Waals surface area contributed by atoms with Crippen molar-refractivity contribution in [3.63, 3.8) is 0 Å². The molecule has 0 saturated carbocycles. The minimum Gasteiger partial charge on any atom is -0.457 e. The standard InChI is InChI=1S/C22H17N3O2/c26-22(24-17-10-12-18(13-11-17)25-15-14-23-16-25)20-8-4-5-9-21(20)27-19-6-2-1-3-7-19/h1-16H,(H,24,26). The van der Waals surface area contributed by atoms with Gasteiger partial charge < -0.3 is 14.6 Å². The van der Waals surface area contributed by atoms with Crippen LogP contribution < -0.4 is 10.1 Å². The summed E-state index contributed by atoms with van der Waals surface area (Å²) in [5.74, 6) is 0.968. The molecule has 5 heteroatoms. The number of imidazole rings is 1. The number of anilines is 1. The van der Waals surface area contributed by atoms with Gasteiger partial charge in [0, 0.05) is 23.8 Å². The smallest absolute Gasteiger partial charge is 0.259 e. The molecule has 0 saturated heterocycles. The molecule has 0 spiro atoms. The Morgan fingerprint density at radius 3 is 2.37 bits per heavy atom. The lowest BCUT2D eigenvalue weighted by Crippen LogP contribution is -2.13. The van der Waals surface area contributed by atoms with Crippen molar-refractivity contribution in [2.24, 2.45) is 0 Å². The summed E-state index contributed by atoms with van der Waals surface area (Å²) >= 11 is 0. The monoisotopic (exact) mass is 355 g/mol. The number of ether oxygens (including phenoxy) is 1. The first kappa shape index (κ1) is 16.6. The molecule has 0 aliphatic rings. The van der Waals surface area contributed by atoms with Crippen LogP contribution in [-0.2, 0) is 0 Å². The number of carbonyl (C=O) groups is 1. The number of benzene rings is 3. The van der Waals surface area contributed by atoms with Gasteiger partial charge in [0.05, 0.1) is 11.9 Å². The normalized spacial score (nSPS) is 10.4. The van der Waals surface area contributed by atoms with Crippen molar-refractivity contribution in [1.29, 1.82) is 0 Å². The largest absolute Gasteiger partial charge is 0.457 e. The van der Waals surface area contributed by atoms with Crippen molar-refractivity contribution in [3.8, 4) is 17.2 Å². The Morgan fingerprint density at radius 2 is 1.63 bits per heavy atom. The van der Waals surface area contributed by atoms with E-state index in [-0.39, 0.29) is 5.91 Å². The number of aromatic nitrogens is 2. The zero-order valence-electron chi connectivity index (χ0n) is 14.4. The maximum atomic E-state index is 12.7. The second kappa shape index (κ2) is 7.58. The molecule has 0 radical (unpaired) electrons. The molecule has 1 N–H and O–H groups in total. The zero-order valence-corrected chi connectivity index (χ0v) is 14.4. The molecule has 0 atom stereocenters. The van der Waals surface area contributed by atoms with Crippen molar-refractivity contribution in [2.75, 3.05) is 5.32 Å². The molecule has 4 rings (SSSR count). The molecule has 132 valence electrons. The minimum absolute atomic E-state index is 0.225. The quantitative estimate of drug-likeness (QED) is 0.553. The summed E-state index contributed by atoms with van der Waals surface area (Å²) in [6.07, 6.45) is 5.31. The lowest BCUT2D eigenvalue weighted by Gasteiger charge is -2.12. The van der Waals surface area contributed by atoms with Crippen LogP contribution in [-0.4, -0.2) is 15.5 Å². The first-order valence-electron chi connectivity index (χ1n) is 8.51. The second-order valence-electron chi connectivity index (χ2n) is 5.88. The van der Waals surface area contributed by atoms with Gasteiger partial charge >= 0.3 is 0 Å². The molecule has 1 aromatic heterocycles. The van der Waals surface area contributed by atoms with E-state index < -0.39 is 0 Å². The van der Waals surface area contributed by atoms with Crippen LogP contribution in [0.2, 0.25) is 0 Å². The molecular weight excluding hydrogens is 338 g/mol. The van der Waals surface area contributed by atoms with Gasteiger partial charge in [-0.15, -0.1) is 0 Å². The third kappa shape index (κ3) is 3.88. The fourth-order valence-corrected chi connectivity index (χ4v) is 2.69. The molecular formula is C22H17N3O2. The van der Waals surface area contributed by atoms with Crippen molar-refractivity contribution in [1.82, 2.24) is 9.55 Å². The molecule has 27 heavy (non-hydrogen) atoms. The van der Waals surface area contributed by atoms with E-state index in [2.05, 4.69) is 10.3 Å². The SMILES string of the molecule is O=C(Nc1ccc(-n2ccnc2)cc1)c1ccccc1Oc1ccccc1. The number of amides is 1. The van der Waals surface area contributed by atoms with Gasteiger partial charge in [0.25, 0.3) is 5.91 Å². The van der Waals surface area contributed by atoms with Crippen LogP contribution in [0.15, 0.2) is 97.6 Å². The van der Waals surface area contributed by atoms with E-state index >= 15 is 0 Å². The number of rotatable bonds is 5. The summed E-state index contributed by atoms with van der Waals surface area (Å²) in [6, 6.07) is 24.1. The highest BCUT2D eigenvalue weighted by molar-refractivity contribution is 6.06. The van der Waals surface area contributed by atoms with E-state index in [9.17, 15) is 4.79 Å². The highest BCUT2D eigenvalue weighted by atomic mass is 16.5. The Morgan fingerprint density at radius 1 is 0.889 bits per heavy atom. The van der Waals surface area contributed by atoms with Crippen molar-refractivity contribution >= 4 is 11.6 Å². The van der Waals surface area contributed by atoms with Gasteiger partial charge in [0.15, 0.2) is 0 Å². The van der Waals surface area contributed by atoms with Gasteiger partial charge in [-0.2, -0.15) is 0 Å². The maximum Gasteiger partial charge on any atom is 0.259 e. The molecule has 0 aliphatic heterocycles. The van der Waals surface area contributed by atoms with Crippen LogP contribution in [0.5, 0.6) is 11.5 Å². The van der Waals surface area contributed by atoms with E-state index in [1.165, 1.54) is 0 Å². The summed E-state index contributed by atoms with van der Waals surface area (Å²) < 4.78 is 7.76. The molecule has 0 bridgehead atoms. The van der Waals surface area contributed by atoms with Crippen molar-refractivity contribution in [3.05, 3.63) is 103 Å². The van der Waals surface area contributed by atoms with Crippen molar-refractivity contribution in [2.45, 2.75) is 0 Å². The summed E-state index contributed by atoms with van der Waals surface area (Å²) in [7, 11) is 0. The van der Waals surface area contributed by atoms with Crippen LogP contribution in [0.25, 0.3) is 5.69 Å². The highest BCUT2D eigenvalue weighted by Crippen LogP contribution is 2.26. The molecule has 0 aliphatic carbocycles. The lowest BCUT2D eigenvalue weighted by molar-refractivity contribution is 0.102. The number of hydrogen-bond donors (Lipinski definition) is 1. The first-order chi connectivity index (χ1) is 13.3. The molecule has 5 nitrogen and oxygen atoms in total. The van der Waals surface area contributed by atoms with Crippen LogP contribution in [0.1, 0.15) is 10.4 Å². The summed E-state index contributed by atoms with van der Waals surface area (Å²) in [6.45, 7) is 0. The van der Waals surface area contributed by atoms with Crippen LogP contribution in [0.4, 0.5) is 5.69 Å². The van der Waals surface area contributed by atoms with Gasteiger partial charge in [-0.25, -0.2) is 4.98 Å². The van der Waals surface area contributed by atoms with Crippen LogP contribution >= 0.6 is 0 Å².